The average molecular weight is 321 g/mol. The first-order valence-electron chi connectivity index (χ1n) is 6.75. The van der Waals surface area contributed by atoms with Crippen LogP contribution in [-0.4, -0.2) is 40.7 Å². The predicted molar refractivity (Wildman–Crippen MR) is 86.5 cm³/mol. The summed E-state index contributed by atoms with van der Waals surface area (Å²) in [7, 11) is 3.50. The molecule has 1 heterocycles. The van der Waals surface area contributed by atoms with E-state index in [4.69, 9.17) is 4.74 Å². The number of methoxy groups -OCH3 is 1. The molecule has 1 aromatic carbocycles. The Kier molecular flexibility index (Phi) is 5.65. The number of amides is 2. The second-order valence-corrected chi connectivity index (χ2v) is 5.30. The van der Waals surface area contributed by atoms with Crippen LogP contribution in [0.4, 0.5) is 10.5 Å². The van der Waals surface area contributed by atoms with Crippen LogP contribution in [0.2, 0.25) is 0 Å². The Hall–Kier alpha value is -2.22. The van der Waals surface area contributed by atoms with Crippen molar-refractivity contribution >= 4 is 23.5 Å². The Bertz CT molecular complexity index is 644. The number of nitrogens with zero attached hydrogens (tertiary/aromatic N) is 3. The normalized spacial score (nSPS) is 10.3. The Labute approximate surface area is 133 Å². The van der Waals surface area contributed by atoms with Gasteiger partial charge in [-0.15, -0.1) is 10.2 Å². The van der Waals surface area contributed by atoms with E-state index < -0.39 is 0 Å². The van der Waals surface area contributed by atoms with Crippen molar-refractivity contribution in [2.75, 3.05) is 25.2 Å². The van der Waals surface area contributed by atoms with Crippen LogP contribution in [0.5, 0.6) is 5.75 Å². The lowest BCUT2D eigenvalue weighted by molar-refractivity contribution is 0.252. The van der Waals surface area contributed by atoms with Crippen LogP contribution in [0.15, 0.2) is 29.4 Å². The Morgan fingerprint density at radius 2 is 2.23 bits per heavy atom. The van der Waals surface area contributed by atoms with Gasteiger partial charge in [0, 0.05) is 31.8 Å². The van der Waals surface area contributed by atoms with Gasteiger partial charge in [-0.1, -0.05) is 17.8 Å². The molecule has 0 bridgehead atoms. The Morgan fingerprint density at radius 3 is 2.91 bits per heavy atom. The molecule has 7 nitrogen and oxygen atoms in total. The molecule has 0 spiro atoms. The van der Waals surface area contributed by atoms with Gasteiger partial charge >= 0.3 is 6.03 Å². The first kappa shape index (κ1) is 16.2. The summed E-state index contributed by atoms with van der Waals surface area (Å²) in [4.78, 5) is 11.8. The number of hydrogen-bond donors (Lipinski definition) is 2. The summed E-state index contributed by atoms with van der Waals surface area (Å²) in [5.41, 5.74) is 0.681. The third-order valence-electron chi connectivity index (χ3n) is 3.07. The van der Waals surface area contributed by atoms with Crippen LogP contribution in [-0.2, 0) is 13.5 Å². The largest absolute Gasteiger partial charge is 0.497 e. The second kappa shape index (κ2) is 7.69. The summed E-state index contributed by atoms with van der Waals surface area (Å²) in [5.74, 6) is 1.53. The van der Waals surface area contributed by atoms with E-state index in [2.05, 4.69) is 20.8 Å². The number of ether oxygens (including phenoxy) is 1. The van der Waals surface area contributed by atoms with Gasteiger partial charge in [-0.2, -0.15) is 0 Å². The molecule has 0 saturated heterocycles. The average Bonchev–Trinajstić information content (AvgIpc) is 2.88. The fraction of sp³-hybridized carbons (Fsp3) is 0.357. The van der Waals surface area contributed by atoms with Crippen molar-refractivity contribution in [1.29, 1.82) is 0 Å². The Morgan fingerprint density at radius 1 is 1.41 bits per heavy atom. The van der Waals surface area contributed by atoms with Crippen molar-refractivity contribution < 1.29 is 9.53 Å². The van der Waals surface area contributed by atoms with Crippen molar-refractivity contribution in [2.45, 2.75) is 11.6 Å². The van der Waals surface area contributed by atoms with Crippen LogP contribution >= 0.6 is 11.8 Å². The topological polar surface area (TPSA) is 81.1 Å². The van der Waals surface area contributed by atoms with Gasteiger partial charge in [0.15, 0.2) is 5.16 Å². The number of aromatic nitrogens is 3. The quantitative estimate of drug-likeness (QED) is 0.794. The minimum Gasteiger partial charge on any atom is -0.497 e. The van der Waals surface area contributed by atoms with Crippen molar-refractivity contribution in [1.82, 2.24) is 20.1 Å². The van der Waals surface area contributed by atoms with Gasteiger partial charge in [-0.25, -0.2) is 4.79 Å². The van der Waals surface area contributed by atoms with Gasteiger partial charge in [-0.05, 0) is 18.4 Å². The molecule has 0 aliphatic heterocycles. The van der Waals surface area contributed by atoms with Crippen LogP contribution in [0.25, 0.3) is 0 Å². The van der Waals surface area contributed by atoms with Crippen molar-refractivity contribution in [3.63, 3.8) is 0 Å². The summed E-state index contributed by atoms with van der Waals surface area (Å²) in [6.45, 7) is 0.482. The molecule has 0 aliphatic rings. The lowest BCUT2D eigenvalue weighted by Crippen LogP contribution is -2.30. The first-order chi connectivity index (χ1) is 10.6. The molecule has 0 unspecified atom stereocenters. The zero-order valence-electron chi connectivity index (χ0n) is 12.8. The number of benzene rings is 1. The lowest BCUT2D eigenvalue weighted by Gasteiger charge is -2.08. The van der Waals surface area contributed by atoms with E-state index in [-0.39, 0.29) is 6.03 Å². The molecule has 118 valence electrons. The zero-order valence-corrected chi connectivity index (χ0v) is 13.6. The molecule has 8 heteroatoms. The fourth-order valence-electron chi connectivity index (χ4n) is 1.90. The summed E-state index contributed by atoms with van der Waals surface area (Å²) in [5, 5.41) is 14.6. The van der Waals surface area contributed by atoms with E-state index in [1.165, 1.54) is 11.8 Å². The first-order valence-corrected chi connectivity index (χ1v) is 7.97. The maximum absolute atomic E-state index is 11.8. The summed E-state index contributed by atoms with van der Waals surface area (Å²) in [6, 6.07) is 6.93. The van der Waals surface area contributed by atoms with E-state index in [0.717, 1.165) is 11.0 Å². The standard InChI is InChI=1S/C14H19N5O2S/c1-19-12(17-18-14(19)22-3)7-8-15-13(20)16-10-5-4-6-11(9-10)21-2/h4-6,9H,7-8H2,1-3H3,(H2,15,16,20). The number of urea groups is 1. The Balaban J connectivity index is 1.81. The minimum atomic E-state index is -0.263. The van der Waals surface area contributed by atoms with Gasteiger partial charge in [0.05, 0.1) is 7.11 Å². The van der Waals surface area contributed by atoms with Crippen LogP contribution in [0, 0.1) is 0 Å². The lowest BCUT2D eigenvalue weighted by atomic mass is 10.3. The molecule has 0 atom stereocenters. The molecule has 0 radical (unpaired) electrons. The number of carbonyl (C=O) groups excluding carboxylic acids is 1. The molecule has 2 rings (SSSR count). The third kappa shape index (κ3) is 4.14. The highest BCUT2D eigenvalue weighted by molar-refractivity contribution is 7.98. The van der Waals surface area contributed by atoms with E-state index in [1.807, 2.05) is 30.0 Å². The molecule has 22 heavy (non-hydrogen) atoms. The molecule has 0 fully saturated rings. The molecule has 2 N–H and O–H groups in total. The molecule has 2 aromatic rings. The molecule has 0 saturated carbocycles. The number of thioether (sulfide) groups is 1. The molecule has 1 aromatic heterocycles. The van der Waals surface area contributed by atoms with Crippen LogP contribution in [0.1, 0.15) is 5.82 Å². The highest BCUT2D eigenvalue weighted by Gasteiger charge is 2.08. The van der Waals surface area contributed by atoms with Crippen LogP contribution in [0.3, 0.4) is 0 Å². The summed E-state index contributed by atoms with van der Waals surface area (Å²) in [6.07, 6.45) is 2.57. The van der Waals surface area contributed by atoms with E-state index in [1.54, 1.807) is 19.2 Å². The third-order valence-corrected chi connectivity index (χ3v) is 3.79. The maximum atomic E-state index is 11.8. The van der Waals surface area contributed by atoms with Crippen molar-refractivity contribution in [3.8, 4) is 5.75 Å². The smallest absolute Gasteiger partial charge is 0.319 e. The van der Waals surface area contributed by atoms with Gasteiger partial charge in [0.25, 0.3) is 0 Å². The van der Waals surface area contributed by atoms with Crippen molar-refractivity contribution in [3.05, 3.63) is 30.1 Å². The highest BCUT2D eigenvalue weighted by atomic mass is 32.2. The van der Waals surface area contributed by atoms with Gasteiger partial charge in [0.2, 0.25) is 0 Å². The predicted octanol–water partition coefficient (Wildman–Crippen LogP) is 1.91. The molecular weight excluding hydrogens is 302 g/mol. The fourth-order valence-corrected chi connectivity index (χ4v) is 2.41. The monoisotopic (exact) mass is 321 g/mol. The van der Waals surface area contributed by atoms with Crippen LogP contribution < -0.4 is 15.4 Å². The molecular formula is C14H19N5O2S. The summed E-state index contributed by atoms with van der Waals surface area (Å²) >= 11 is 1.54. The second-order valence-electron chi connectivity index (χ2n) is 4.52. The van der Waals surface area contributed by atoms with E-state index >= 15 is 0 Å². The molecule has 0 aliphatic carbocycles. The number of rotatable bonds is 6. The minimum absolute atomic E-state index is 0.263. The van der Waals surface area contributed by atoms with E-state index in [0.29, 0.717) is 24.4 Å². The van der Waals surface area contributed by atoms with Crippen molar-refractivity contribution in [2.24, 2.45) is 7.05 Å². The van der Waals surface area contributed by atoms with Gasteiger partial charge in [-0.3, -0.25) is 0 Å². The highest BCUT2D eigenvalue weighted by Crippen LogP contribution is 2.16. The zero-order chi connectivity index (χ0) is 15.9. The van der Waals surface area contributed by atoms with E-state index in [9.17, 15) is 4.79 Å². The number of anilines is 1. The number of carbonyl (C=O) groups is 1. The number of hydrogen-bond acceptors (Lipinski definition) is 5. The van der Waals surface area contributed by atoms with Gasteiger partial charge < -0.3 is 19.9 Å². The molecule has 2 amide bonds. The van der Waals surface area contributed by atoms with Gasteiger partial charge in [0.1, 0.15) is 11.6 Å². The SMILES string of the molecule is COc1cccc(NC(=O)NCCc2nnc(SC)n2C)c1. The maximum Gasteiger partial charge on any atom is 0.319 e. The number of nitrogens with one attached hydrogen (secondary N) is 2. The summed E-state index contributed by atoms with van der Waals surface area (Å²) < 4.78 is 7.03.